The van der Waals surface area contributed by atoms with Crippen LogP contribution in [-0.2, 0) is 0 Å². The molecule has 1 aromatic heterocycles. The number of nitrogens with one attached hydrogen (secondary N) is 2. The molecule has 2 atom stereocenters. The summed E-state index contributed by atoms with van der Waals surface area (Å²) in [4.78, 5) is 11.9. The number of amides is 2. The summed E-state index contributed by atoms with van der Waals surface area (Å²) in [7, 11) is 0. The van der Waals surface area contributed by atoms with Gasteiger partial charge in [-0.2, -0.15) is 0 Å². The summed E-state index contributed by atoms with van der Waals surface area (Å²) >= 11 is 0. The average Bonchev–Trinajstić information content (AvgIpc) is 2.86. The topological polar surface area (TPSA) is 54.3 Å². The zero-order valence-corrected chi connectivity index (χ0v) is 13.2. The van der Waals surface area contributed by atoms with Crippen molar-refractivity contribution in [3.63, 3.8) is 0 Å². The smallest absolute Gasteiger partial charge is 0.315 e. The van der Waals surface area contributed by atoms with Crippen LogP contribution >= 0.6 is 0 Å². The molecule has 0 saturated carbocycles. The first-order valence-electron chi connectivity index (χ1n) is 7.67. The normalized spacial score (nSPS) is 13.8. The molecule has 1 rings (SSSR count). The number of aryl methyl sites for hydroxylation is 1. The summed E-state index contributed by atoms with van der Waals surface area (Å²) in [5.41, 5.74) is 0. The van der Waals surface area contributed by atoms with Crippen molar-refractivity contribution in [1.82, 2.24) is 10.6 Å². The number of rotatable bonds is 8. The Labute approximate surface area is 122 Å². The molecule has 1 heterocycles. The fourth-order valence-corrected chi connectivity index (χ4v) is 2.19. The van der Waals surface area contributed by atoms with Crippen molar-refractivity contribution in [2.75, 3.05) is 6.54 Å². The van der Waals surface area contributed by atoms with Crippen LogP contribution in [0.5, 0.6) is 0 Å². The van der Waals surface area contributed by atoms with Crippen molar-refractivity contribution in [3.8, 4) is 0 Å². The van der Waals surface area contributed by atoms with Gasteiger partial charge in [-0.3, -0.25) is 0 Å². The fraction of sp³-hybridized carbons (Fsp3) is 0.688. The first-order chi connectivity index (χ1) is 9.56. The van der Waals surface area contributed by atoms with Crippen LogP contribution in [0.1, 0.15) is 64.0 Å². The zero-order chi connectivity index (χ0) is 15.0. The standard InChI is InChI=1S/C16H28N2O2/c1-5-7-8-14(6-2)11-17-16(19)18-13(4)15-10-9-12(3)20-15/h9-10,13-14H,5-8,11H2,1-4H3,(H2,17,18,19). The van der Waals surface area contributed by atoms with E-state index in [9.17, 15) is 4.79 Å². The van der Waals surface area contributed by atoms with Crippen LogP contribution in [-0.4, -0.2) is 12.6 Å². The molecule has 0 bridgehead atoms. The molecule has 0 aromatic carbocycles. The summed E-state index contributed by atoms with van der Waals surface area (Å²) in [5, 5.41) is 5.86. The molecule has 4 heteroatoms. The van der Waals surface area contributed by atoms with Crippen molar-refractivity contribution in [2.45, 2.75) is 59.4 Å². The second kappa shape index (κ2) is 8.67. The van der Waals surface area contributed by atoms with Crippen molar-refractivity contribution in [3.05, 3.63) is 23.7 Å². The van der Waals surface area contributed by atoms with Crippen LogP contribution in [0.25, 0.3) is 0 Å². The number of carbonyl (C=O) groups is 1. The fourth-order valence-electron chi connectivity index (χ4n) is 2.19. The van der Waals surface area contributed by atoms with E-state index in [0.29, 0.717) is 5.92 Å². The van der Waals surface area contributed by atoms with E-state index < -0.39 is 0 Å². The highest BCUT2D eigenvalue weighted by molar-refractivity contribution is 5.74. The van der Waals surface area contributed by atoms with Gasteiger partial charge in [-0.1, -0.05) is 33.1 Å². The van der Waals surface area contributed by atoms with Gasteiger partial charge >= 0.3 is 6.03 Å². The maximum absolute atomic E-state index is 11.9. The molecule has 114 valence electrons. The minimum absolute atomic E-state index is 0.112. The van der Waals surface area contributed by atoms with Crippen LogP contribution in [0.2, 0.25) is 0 Å². The molecule has 2 N–H and O–H groups in total. The monoisotopic (exact) mass is 280 g/mol. The van der Waals surface area contributed by atoms with Crippen molar-refractivity contribution in [2.24, 2.45) is 5.92 Å². The SMILES string of the molecule is CCCCC(CC)CNC(=O)NC(C)c1ccc(C)o1. The molecule has 0 saturated heterocycles. The molecule has 2 amide bonds. The van der Waals surface area contributed by atoms with E-state index in [2.05, 4.69) is 24.5 Å². The predicted octanol–water partition coefficient (Wildman–Crippen LogP) is 4.16. The lowest BCUT2D eigenvalue weighted by Crippen LogP contribution is -2.39. The zero-order valence-electron chi connectivity index (χ0n) is 13.2. The maximum Gasteiger partial charge on any atom is 0.315 e. The highest BCUT2D eigenvalue weighted by Gasteiger charge is 2.13. The predicted molar refractivity (Wildman–Crippen MR) is 81.7 cm³/mol. The largest absolute Gasteiger partial charge is 0.464 e. The molecule has 0 fully saturated rings. The van der Waals surface area contributed by atoms with E-state index in [1.54, 1.807) is 0 Å². The quantitative estimate of drug-likeness (QED) is 0.751. The molecule has 1 aromatic rings. The summed E-state index contributed by atoms with van der Waals surface area (Å²) in [6, 6.07) is 3.57. The Morgan fingerprint density at radius 1 is 1.35 bits per heavy atom. The van der Waals surface area contributed by atoms with Gasteiger partial charge in [0.05, 0.1) is 6.04 Å². The van der Waals surface area contributed by atoms with Gasteiger partial charge in [0.15, 0.2) is 0 Å². The van der Waals surface area contributed by atoms with E-state index in [0.717, 1.165) is 24.5 Å². The van der Waals surface area contributed by atoms with Crippen molar-refractivity contribution in [1.29, 1.82) is 0 Å². The third-order valence-electron chi connectivity index (χ3n) is 3.63. The molecule has 0 radical (unpaired) electrons. The summed E-state index contributed by atoms with van der Waals surface area (Å²) in [5.74, 6) is 2.22. The second-order valence-corrected chi connectivity index (χ2v) is 5.44. The highest BCUT2D eigenvalue weighted by atomic mass is 16.3. The molecular weight excluding hydrogens is 252 g/mol. The average molecular weight is 280 g/mol. The lowest BCUT2D eigenvalue weighted by molar-refractivity contribution is 0.233. The molecule has 2 unspecified atom stereocenters. The third kappa shape index (κ3) is 5.68. The van der Waals surface area contributed by atoms with Crippen molar-refractivity contribution < 1.29 is 9.21 Å². The Kier molecular flexibility index (Phi) is 7.20. The minimum Gasteiger partial charge on any atom is -0.464 e. The van der Waals surface area contributed by atoms with Crippen LogP contribution in [0, 0.1) is 12.8 Å². The van der Waals surface area contributed by atoms with Crippen LogP contribution in [0.15, 0.2) is 16.5 Å². The van der Waals surface area contributed by atoms with Gasteiger partial charge in [0, 0.05) is 6.54 Å². The number of hydrogen-bond acceptors (Lipinski definition) is 2. The van der Waals surface area contributed by atoms with Gasteiger partial charge in [0.1, 0.15) is 11.5 Å². The lowest BCUT2D eigenvalue weighted by Gasteiger charge is -2.17. The first kappa shape index (κ1) is 16.6. The van der Waals surface area contributed by atoms with E-state index in [4.69, 9.17) is 4.42 Å². The lowest BCUT2D eigenvalue weighted by atomic mass is 9.99. The van der Waals surface area contributed by atoms with Crippen LogP contribution in [0.4, 0.5) is 4.79 Å². The Bertz CT molecular complexity index is 401. The molecule has 0 aliphatic rings. The third-order valence-corrected chi connectivity index (χ3v) is 3.63. The van der Waals surface area contributed by atoms with E-state index in [1.165, 1.54) is 19.3 Å². The number of furan rings is 1. The molecule has 0 aliphatic heterocycles. The van der Waals surface area contributed by atoms with E-state index >= 15 is 0 Å². The second-order valence-electron chi connectivity index (χ2n) is 5.44. The minimum atomic E-state index is -0.124. The van der Waals surface area contributed by atoms with Gasteiger partial charge in [-0.25, -0.2) is 4.79 Å². The molecule has 4 nitrogen and oxygen atoms in total. The Morgan fingerprint density at radius 3 is 2.65 bits per heavy atom. The van der Waals surface area contributed by atoms with Gasteiger partial charge in [0.2, 0.25) is 0 Å². The van der Waals surface area contributed by atoms with E-state index in [-0.39, 0.29) is 12.1 Å². The Hall–Kier alpha value is -1.45. The van der Waals surface area contributed by atoms with Crippen LogP contribution in [0.3, 0.4) is 0 Å². The van der Waals surface area contributed by atoms with Gasteiger partial charge in [0.25, 0.3) is 0 Å². The van der Waals surface area contributed by atoms with Crippen molar-refractivity contribution >= 4 is 6.03 Å². The van der Waals surface area contributed by atoms with E-state index in [1.807, 2.05) is 26.0 Å². The summed E-state index contributed by atoms with van der Waals surface area (Å²) in [6.07, 6.45) is 4.72. The van der Waals surface area contributed by atoms with Gasteiger partial charge in [-0.05, 0) is 38.3 Å². The first-order valence-corrected chi connectivity index (χ1v) is 7.67. The summed E-state index contributed by atoms with van der Waals surface area (Å²) < 4.78 is 5.50. The Balaban J connectivity index is 2.32. The number of unbranched alkanes of at least 4 members (excludes halogenated alkanes) is 1. The molecule has 20 heavy (non-hydrogen) atoms. The molecular formula is C16H28N2O2. The number of hydrogen-bond donors (Lipinski definition) is 2. The van der Waals surface area contributed by atoms with Gasteiger partial charge in [-0.15, -0.1) is 0 Å². The number of carbonyl (C=O) groups excluding carboxylic acids is 1. The summed E-state index contributed by atoms with van der Waals surface area (Å²) in [6.45, 7) is 8.93. The number of urea groups is 1. The van der Waals surface area contributed by atoms with Gasteiger partial charge < -0.3 is 15.1 Å². The molecule has 0 spiro atoms. The highest BCUT2D eigenvalue weighted by Crippen LogP contribution is 2.15. The molecule has 0 aliphatic carbocycles. The van der Waals surface area contributed by atoms with Crippen LogP contribution < -0.4 is 10.6 Å². The Morgan fingerprint density at radius 2 is 2.10 bits per heavy atom. The maximum atomic E-state index is 11.9.